The van der Waals surface area contributed by atoms with Gasteiger partial charge in [0.1, 0.15) is 5.41 Å². The Kier molecular flexibility index (Phi) is 4.92. The number of aliphatic hydroxyl groups is 1. The maximum atomic E-state index is 12.4. The summed E-state index contributed by atoms with van der Waals surface area (Å²) in [5, 5.41) is 20.0. The highest BCUT2D eigenvalue weighted by atomic mass is 16.5. The smallest absolute Gasteiger partial charge is 0.331 e. The van der Waals surface area contributed by atoms with Crippen LogP contribution in [0.25, 0.3) is 0 Å². The van der Waals surface area contributed by atoms with E-state index in [0.29, 0.717) is 12.8 Å². The van der Waals surface area contributed by atoms with Crippen LogP contribution in [0, 0.1) is 11.3 Å². The van der Waals surface area contributed by atoms with E-state index in [0.717, 1.165) is 12.8 Å². The summed E-state index contributed by atoms with van der Waals surface area (Å²) in [4.78, 5) is 23.8. The summed E-state index contributed by atoms with van der Waals surface area (Å²) in [6.07, 6.45) is 1.85. The predicted octanol–water partition coefficient (Wildman–Crippen LogP) is 1.52. The summed E-state index contributed by atoms with van der Waals surface area (Å²) in [5.74, 6) is -2.14. The van der Waals surface area contributed by atoms with Crippen molar-refractivity contribution in [1.82, 2.24) is 0 Å². The SMILES string of the molecule is CCC(CC)O[C@@H]1C=C(C(=O)O)[C@H]2CC[C@@]1(C(=O)OC)[C@H]2O. The maximum Gasteiger partial charge on any atom is 0.331 e. The second-order valence-electron chi connectivity index (χ2n) is 6.04. The lowest BCUT2D eigenvalue weighted by atomic mass is 9.71. The van der Waals surface area contributed by atoms with Gasteiger partial charge in [0.2, 0.25) is 0 Å². The van der Waals surface area contributed by atoms with Gasteiger partial charge in [-0.3, -0.25) is 4.79 Å². The van der Waals surface area contributed by atoms with Gasteiger partial charge in [0.25, 0.3) is 0 Å². The van der Waals surface area contributed by atoms with Crippen LogP contribution in [0.5, 0.6) is 0 Å². The van der Waals surface area contributed by atoms with Gasteiger partial charge in [-0.25, -0.2) is 4.79 Å². The topological polar surface area (TPSA) is 93.1 Å². The minimum absolute atomic E-state index is 0.0952. The fourth-order valence-electron chi connectivity index (χ4n) is 3.74. The Morgan fingerprint density at radius 1 is 1.41 bits per heavy atom. The zero-order chi connectivity index (χ0) is 16.5. The molecular formula is C16H24O6. The third-order valence-electron chi connectivity index (χ3n) is 5.08. The Balaban J connectivity index is 2.45. The molecular weight excluding hydrogens is 288 g/mol. The zero-order valence-corrected chi connectivity index (χ0v) is 13.2. The monoisotopic (exact) mass is 312 g/mol. The molecule has 2 bridgehead atoms. The second-order valence-corrected chi connectivity index (χ2v) is 6.04. The summed E-state index contributed by atoms with van der Waals surface area (Å²) in [6.45, 7) is 3.94. The van der Waals surface area contributed by atoms with Crippen LogP contribution in [0.15, 0.2) is 11.6 Å². The Bertz CT molecular complexity index is 481. The molecule has 0 saturated heterocycles. The predicted molar refractivity (Wildman–Crippen MR) is 78.1 cm³/mol. The van der Waals surface area contributed by atoms with Crippen molar-refractivity contribution >= 4 is 11.9 Å². The maximum absolute atomic E-state index is 12.4. The lowest BCUT2D eigenvalue weighted by molar-refractivity contribution is -0.177. The molecule has 2 aliphatic rings. The van der Waals surface area contributed by atoms with E-state index in [1.807, 2.05) is 13.8 Å². The largest absolute Gasteiger partial charge is 0.478 e. The molecule has 0 unspecified atom stereocenters. The van der Waals surface area contributed by atoms with E-state index >= 15 is 0 Å². The number of fused-ring (bicyclic) bond motifs is 2. The molecule has 0 aromatic carbocycles. The van der Waals surface area contributed by atoms with Crippen molar-refractivity contribution in [2.75, 3.05) is 7.11 Å². The van der Waals surface area contributed by atoms with E-state index in [9.17, 15) is 19.8 Å². The van der Waals surface area contributed by atoms with Crippen LogP contribution in [0.4, 0.5) is 0 Å². The van der Waals surface area contributed by atoms with E-state index in [4.69, 9.17) is 9.47 Å². The molecule has 0 spiro atoms. The van der Waals surface area contributed by atoms with E-state index in [-0.39, 0.29) is 11.7 Å². The molecule has 0 aromatic heterocycles. The van der Waals surface area contributed by atoms with Gasteiger partial charge in [-0.1, -0.05) is 13.8 Å². The third kappa shape index (κ3) is 2.44. The second kappa shape index (κ2) is 6.38. The van der Waals surface area contributed by atoms with Crippen LogP contribution in [-0.2, 0) is 19.1 Å². The van der Waals surface area contributed by atoms with Crippen molar-refractivity contribution < 1.29 is 29.3 Å². The minimum atomic E-state index is -1.19. The van der Waals surface area contributed by atoms with Gasteiger partial charge in [-0.05, 0) is 31.8 Å². The summed E-state index contributed by atoms with van der Waals surface area (Å²) < 4.78 is 10.9. The number of rotatable bonds is 6. The average molecular weight is 312 g/mol. The Labute approximate surface area is 130 Å². The molecule has 2 rings (SSSR count). The van der Waals surface area contributed by atoms with Crippen LogP contribution in [0.1, 0.15) is 39.5 Å². The molecule has 2 aliphatic carbocycles. The normalized spacial score (nSPS) is 33.7. The molecule has 22 heavy (non-hydrogen) atoms. The van der Waals surface area contributed by atoms with Gasteiger partial charge in [-0.15, -0.1) is 0 Å². The van der Waals surface area contributed by atoms with E-state index in [2.05, 4.69) is 0 Å². The first-order valence-electron chi connectivity index (χ1n) is 7.79. The van der Waals surface area contributed by atoms with Crippen LogP contribution in [0.3, 0.4) is 0 Å². The number of aliphatic hydroxyl groups excluding tert-OH is 1. The molecule has 0 aromatic rings. The van der Waals surface area contributed by atoms with E-state index in [1.54, 1.807) is 0 Å². The van der Waals surface area contributed by atoms with Gasteiger partial charge in [0.05, 0.1) is 25.4 Å². The lowest BCUT2D eigenvalue weighted by Gasteiger charge is -2.41. The Hall–Kier alpha value is -1.40. The van der Waals surface area contributed by atoms with Crippen LogP contribution >= 0.6 is 0 Å². The fraction of sp³-hybridized carbons (Fsp3) is 0.750. The molecule has 0 aliphatic heterocycles. The molecule has 0 heterocycles. The molecule has 6 nitrogen and oxygen atoms in total. The quantitative estimate of drug-likeness (QED) is 0.722. The Morgan fingerprint density at radius 3 is 2.55 bits per heavy atom. The number of carboxylic acid groups (broad SMARTS) is 1. The number of hydrogen-bond acceptors (Lipinski definition) is 5. The van der Waals surface area contributed by atoms with Gasteiger partial charge in [-0.2, -0.15) is 0 Å². The van der Waals surface area contributed by atoms with E-state index < -0.39 is 35.5 Å². The number of carbonyl (C=O) groups is 2. The van der Waals surface area contributed by atoms with Crippen molar-refractivity contribution in [3.63, 3.8) is 0 Å². The van der Waals surface area contributed by atoms with Gasteiger partial charge in [0.15, 0.2) is 0 Å². The number of carbonyl (C=O) groups excluding carboxylic acids is 1. The highest BCUT2D eigenvalue weighted by Gasteiger charge is 2.63. The van der Waals surface area contributed by atoms with Crippen LogP contribution in [-0.4, -0.2) is 47.6 Å². The average Bonchev–Trinajstić information content (AvgIpc) is 2.75. The molecule has 0 radical (unpaired) electrons. The first kappa shape index (κ1) is 17.0. The van der Waals surface area contributed by atoms with Crippen molar-refractivity contribution in [2.45, 2.75) is 57.8 Å². The first-order chi connectivity index (χ1) is 10.4. The number of hydrogen-bond donors (Lipinski definition) is 2. The molecule has 6 heteroatoms. The summed E-state index contributed by atoms with van der Waals surface area (Å²) >= 11 is 0. The highest BCUT2D eigenvalue weighted by molar-refractivity contribution is 5.90. The van der Waals surface area contributed by atoms with Crippen LogP contribution < -0.4 is 0 Å². The van der Waals surface area contributed by atoms with Crippen molar-refractivity contribution in [2.24, 2.45) is 11.3 Å². The van der Waals surface area contributed by atoms with Gasteiger partial charge in [0, 0.05) is 11.5 Å². The molecule has 124 valence electrons. The van der Waals surface area contributed by atoms with Crippen molar-refractivity contribution in [1.29, 1.82) is 0 Å². The lowest BCUT2D eigenvalue weighted by Crippen LogP contribution is -2.54. The molecule has 0 amide bonds. The summed E-state index contributed by atoms with van der Waals surface area (Å²) in [6, 6.07) is 0. The Morgan fingerprint density at radius 2 is 2.05 bits per heavy atom. The molecule has 1 saturated carbocycles. The summed E-state index contributed by atoms with van der Waals surface area (Å²) in [7, 11) is 1.28. The van der Waals surface area contributed by atoms with E-state index in [1.165, 1.54) is 13.2 Å². The number of esters is 1. The zero-order valence-electron chi connectivity index (χ0n) is 13.2. The molecule has 4 atom stereocenters. The van der Waals surface area contributed by atoms with Crippen molar-refractivity contribution in [3.8, 4) is 0 Å². The number of aliphatic carboxylic acids is 1. The third-order valence-corrected chi connectivity index (χ3v) is 5.08. The number of methoxy groups -OCH3 is 1. The number of ether oxygens (including phenoxy) is 2. The standard InChI is InChI=1S/C16H24O6/c1-4-9(5-2)22-12-8-11(14(18)19)10-6-7-16(12,13(10)17)15(20)21-3/h8-10,12-13,17H,4-7H2,1-3H3,(H,18,19)/t10-,12-,13+,16+/m1/s1. The fourth-order valence-corrected chi connectivity index (χ4v) is 3.74. The van der Waals surface area contributed by atoms with Gasteiger partial charge < -0.3 is 19.7 Å². The highest BCUT2D eigenvalue weighted by Crippen LogP contribution is 2.53. The van der Waals surface area contributed by atoms with Crippen LogP contribution in [0.2, 0.25) is 0 Å². The molecule has 1 fully saturated rings. The van der Waals surface area contributed by atoms with Crippen molar-refractivity contribution in [3.05, 3.63) is 11.6 Å². The van der Waals surface area contributed by atoms with Gasteiger partial charge >= 0.3 is 11.9 Å². The first-order valence-corrected chi connectivity index (χ1v) is 7.79. The summed E-state index contributed by atoms with van der Waals surface area (Å²) in [5.41, 5.74) is -1.05. The number of carboxylic acids is 1. The minimum Gasteiger partial charge on any atom is -0.478 e. The molecule has 2 N–H and O–H groups in total.